The summed E-state index contributed by atoms with van der Waals surface area (Å²) in [7, 11) is -1.84. The average molecular weight is 391 g/mol. The summed E-state index contributed by atoms with van der Waals surface area (Å²) in [4.78, 5) is 12.2. The highest BCUT2D eigenvalue weighted by molar-refractivity contribution is 7.88. The molecule has 2 aromatic rings. The predicted molar refractivity (Wildman–Crippen MR) is 106 cm³/mol. The van der Waals surface area contributed by atoms with E-state index in [4.69, 9.17) is 4.74 Å². The molecule has 146 valence electrons. The van der Waals surface area contributed by atoms with Gasteiger partial charge in [-0.15, -0.1) is 0 Å². The lowest BCUT2D eigenvalue weighted by molar-refractivity contribution is -0.121. The lowest BCUT2D eigenvalue weighted by Crippen LogP contribution is -2.34. The van der Waals surface area contributed by atoms with Crippen molar-refractivity contribution in [1.29, 1.82) is 0 Å². The molecule has 0 saturated carbocycles. The molecule has 7 heteroatoms. The van der Waals surface area contributed by atoms with Gasteiger partial charge >= 0.3 is 0 Å². The van der Waals surface area contributed by atoms with E-state index in [1.165, 1.54) is 4.31 Å². The first-order valence-electron chi connectivity index (χ1n) is 8.69. The number of para-hydroxylation sites is 1. The maximum atomic E-state index is 12.2. The standard InChI is InChI=1S/C20H26N2O4S/c1-16-7-6-8-17(13-16)15-22(27(3,24)25)12-11-20(23)21-14-18-9-4-5-10-19(18)26-2/h4-10,13H,11-12,14-15H2,1-3H3,(H,21,23). The Morgan fingerprint density at radius 2 is 1.89 bits per heavy atom. The predicted octanol–water partition coefficient (Wildman–Crippen LogP) is 2.47. The topological polar surface area (TPSA) is 75.7 Å². The molecule has 2 aromatic carbocycles. The highest BCUT2D eigenvalue weighted by Crippen LogP contribution is 2.17. The van der Waals surface area contributed by atoms with Crippen molar-refractivity contribution in [2.45, 2.75) is 26.4 Å². The zero-order chi connectivity index (χ0) is 19.9. The molecule has 6 nitrogen and oxygen atoms in total. The van der Waals surface area contributed by atoms with Crippen molar-refractivity contribution in [2.24, 2.45) is 0 Å². The maximum Gasteiger partial charge on any atom is 0.221 e. The minimum absolute atomic E-state index is 0.0913. The second kappa shape index (κ2) is 9.53. The fraction of sp³-hybridized carbons (Fsp3) is 0.350. The Hall–Kier alpha value is -2.38. The summed E-state index contributed by atoms with van der Waals surface area (Å²) >= 11 is 0. The summed E-state index contributed by atoms with van der Waals surface area (Å²) in [6.07, 6.45) is 1.25. The molecule has 0 aliphatic rings. The molecule has 0 bridgehead atoms. The van der Waals surface area contributed by atoms with Crippen molar-refractivity contribution in [3.8, 4) is 5.75 Å². The van der Waals surface area contributed by atoms with E-state index in [2.05, 4.69) is 5.32 Å². The number of carbonyl (C=O) groups is 1. The van der Waals surface area contributed by atoms with Gasteiger partial charge in [0.25, 0.3) is 0 Å². The van der Waals surface area contributed by atoms with Crippen LogP contribution in [0.4, 0.5) is 0 Å². The largest absolute Gasteiger partial charge is 0.496 e. The van der Waals surface area contributed by atoms with Gasteiger partial charge in [-0.25, -0.2) is 8.42 Å². The van der Waals surface area contributed by atoms with Crippen LogP contribution in [0.1, 0.15) is 23.1 Å². The van der Waals surface area contributed by atoms with Crippen LogP contribution >= 0.6 is 0 Å². The number of nitrogens with one attached hydrogen (secondary N) is 1. The van der Waals surface area contributed by atoms with Crippen molar-refractivity contribution in [3.05, 3.63) is 65.2 Å². The van der Waals surface area contributed by atoms with Crippen molar-refractivity contribution in [3.63, 3.8) is 0 Å². The number of carbonyl (C=O) groups excluding carboxylic acids is 1. The van der Waals surface area contributed by atoms with E-state index in [0.717, 1.165) is 22.9 Å². The number of benzene rings is 2. The molecule has 0 heterocycles. The summed E-state index contributed by atoms with van der Waals surface area (Å²) in [6.45, 7) is 2.67. The Labute approximate surface area is 161 Å². The van der Waals surface area contributed by atoms with E-state index >= 15 is 0 Å². The zero-order valence-electron chi connectivity index (χ0n) is 15.9. The number of hydrogen-bond donors (Lipinski definition) is 1. The second-order valence-electron chi connectivity index (χ2n) is 6.42. The lowest BCUT2D eigenvalue weighted by atomic mass is 10.1. The average Bonchev–Trinajstić information content (AvgIpc) is 2.62. The van der Waals surface area contributed by atoms with Gasteiger partial charge in [-0.3, -0.25) is 4.79 Å². The molecule has 0 aromatic heterocycles. The fourth-order valence-corrected chi connectivity index (χ4v) is 3.54. The van der Waals surface area contributed by atoms with E-state index in [9.17, 15) is 13.2 Å². The number of rotatable bonds is 9. The van der Waals surface area contributed by atoms with Gasteiger partial charge in [-0.05, 0) is 18.6 Å². The summed E-state index contributed by atoms with van der Waals surface area (Å²) in [6, 6.07) is 15.1. The first-order valence-corrected chi connectivity index (χ1v) is 10.5. The molecule has 1 N–H and O–H groups in total. The lowest BCUT2D eigenvalue weighted by Gasteiger charge is -2.20. The third-order valence-electron chi connectivity index (χ3n) is 4.17. The number of aryl methyl sites for hydroxylation is 1. The quantitative estimate of drug-likeness (QED) is 0.714. The minimum atomic E-state index is -3.42. The van der Waals surface area contributed by atoms with Crippen molar-refractivity contribution in [2.75, 3.05) is 19.9 Å². The van der Waals surface area contributed by atoms with Crippen molar-refractivity contribution in [1.82, 2.24) is 9.62 Å². The van der Waals surface area contributed by atoms with Crippen LogP contribution in [0.5, 0.6) is 5.75 Å². The van der Waals surface area contributed by atoms with Gasteiger partial charge in [-0.2, -0.15) is 4.31 Å². The van der Waals surface area contributed by atoms with Crippen LogP contribution in [0.15, 0.2) is 48.5 Å². The second-order valence-corrected chi connectivity index (χ2v) is 8.41. The van der Waals surface area contributed by atoms with Gasteiger partial charge < -0.3 is 10.1 Å². The van der Waals surface area contributed by atoms with E-state index in [0.29, 0.717) is 12.3 Å². The molecule has 0 radical (unpaired) electrons. The van der Waals surface area contributed by atoms with Crippen molar-refractivity contribution >= 4 is 15.9 Å². The van der Waals surface area contributed by atoms with Crippen LogP contribution in [0.2, 0.25) is 0 Å². The molecule has 2 rings (SSSR count). The normalized spacial score (nSPS) is 11.4. The van der Waals surface area contributed by atoms with Crippen LogP contribution < -0.4 is 10.1 Å². The Balaban J connectivity index is 1.93. The fourth-order valence-electron chi connectivity index (χ4n) is 2.73. The summed E-state index contributed by atoms with van der Waals surface area (Å²) in [5.41, 5.74) is 2.83. The first kappa shape index (κ1) is 20.9. The van der Waals surface area contributed by atoms with Crippen molar-refractivity contribution < 1.29 is 17.9 Å². The van der Waals surface area contributed by atoms with Gasteiger partial charge in [0.15, 0.2) is 0 Å². The zero-order valence-corrected chi connectivity index (χ0v) is 16.8. The molecule has 0 fully saturated rings. The Morgan fingerprint density at radius 3 is 2.56 bits per heavy atom. The highest BCUT2D eigenvalue weighted by atomic mass is 32.2. The van der Waals surface area contributed by atoms with Gasteiger partial charge in [0.05, 0.1) is 13.4 Å². The molecule has 27 heavy (non-hydrogen) atoms. The number of ether oxygens (including phenoxy) is 1. The molecule has 0 atom stereocenters. The highest BCUT2D eigenvalue weighted by Gasteiger charge is 2.18. The Morgan fingerprint density at radius 1 is 1.15 bits per heavy atom. The third kappa shape index (κ3) is 6.69. The first-order chi connectivity index (χ1) is 12.8. The SMILES string of the molecule is COc1ccccc1CNC(=O)CCN(Cc1cccc(C)c1)S(C)(=O)=O. The minimum Gasteiger partial charge on any atom is -0.496 e. The number of nitrogens with zero attached hydrogens (tertiary/aromatic N) is 1. The Bertz CT molecular complexity index is 881. The van der Waals surface area contributed by atoms with Gasteiger partial charge in [0.2, 0.25) is 15.9 Å². The summed E-state index contributed by atoms with van der Waals surface area (Å²) in [5.74, 6) is 0.494. The van der Waals surface area contributed by atoms with E-state index in [1.54, 1.807) is 7.11 Å². The van der Waals surface area contributed by atoms with E-state index in [1.807, 2.05) is 55.5 Å². The molecule has 0 aliphatic carbocycles. The summed E-state index contributed by atoms with van der Waals surface area (Å²) in [5, 5.41) is 2.81. The maximum absolute atomic E-state index is 12.2. The number of sulfonamides is 1. The smallest absolute Gasteiger partial charge is 0.221 e. The van der Waals surface area contributed by atoms with Crippen LogP contribution in [0, 0.1) is 6.92 Å². The molecular weight excluding hydrogens is 364 g/mol. The van der Waals surface area contributed by atoms with Gasteiger partial charge in [0.1, 0.15) is 5.75 Å². The van der Waals surface area contributed by atoms with Gasteiger partial charge in [-0.1, -0.05) is 48.0 Å². The van der Waals surface area contributed by atoms with Crippen LogP contribution in [-0.2, 0) is 27.9 Å². The molecule has 1 amide bonds. The van der Waals surface area contributed by atoms with E-state index < -0.39 is 10.0 Å². The van der Waals surface area contributed by atoms with Crippen LogP contribution in [0.3, 0.4) is 0 Å². The monoisotopic (exact) mass is 390 g/mol. The molecule has 0 spiro atoms. The number of methoxy groups -OCH3 is 1. The third-order valence-corrected chi connectivity index (χ3v) is 5.42. The number of hydrogen-bond acceptors (Lipinski definition) is 4. The molecule has 0 aliphatic heterocycles. The Kier molecular flexibility index (Phi) is 7.38. The summed E-state index contributed by atoms with van der Waals surface area (Å²) < 4.78 is 30.7. The number of amides is 1. The molecule has 0 unspecified atom stereocenters. The van der Waals surface area contributed by atoms with Gasteiger partial charge in [0, 0.05) is 31.6 Å². The molecule has 0 saturated heterocycles. The van der Waals surface area contributed by atoms with E-state index in [-0.39, 0.29) is 25.4 Å². The van der Waals surface area contributed by atoms with Crippen LogP contribution in [-0.4, -0.2) is 38.5 Å². The molecular formula is C20H26N2O4S. The van der Waals surface area contributed by atoms with Crippen LogP contribution in [0.25, 0.3) is 0 Å².